The normalized spacial score (nSPS) is 17.5. The Morgan fingerprint density at radius 1 is 1.05 bits per heavy atom. The Hall–Kier alpha value is -1.77. The average Bonchev–Trinajstić information content (AvgIpc) is 2.52. The molecule has 1 aromatic rings. The molecular weight excluding hydrogens is 276 g/mol. The third-order valence-corrected chi connectivity index (χ3v) is 4.71. The first-order valence-electron chi connectivity index (χ1n) is 8.14. The summed E-state index contributed by atoms with van der Waals surface area (Å²) in [5.74, 6) is 0.185. The summed E-state index contributed by atoms with van der Waals surface area (Å²) < 4.78 is 0. The Balaban J connectivity index is 1.75. The Morgan fingerprint density at radius 3 is 2.32 bits per heavy atom. The van der Waals surface area contributed by atoms with Gasteiger partial charge in [-0.2, -0.15) is 0 Å². The third kappa shape index (κ3) is 4.12. The van der Waals surface area contributed by atoms with Crippen LogP contribution >= 0.6 is 0 Å². The van der Waals surface area contributed by atoms with Crippen molar-refractivity contribution in [2.24, 2.45) is 5.41 Å². The van der Waals surface area contributed by atoms with Crippen molar-refractivity contribution >= 4 is 17.3 Å². The molecule has 118 valence electrons. The number of hydrogen-bond acceptors (Lipinski definition) is 3. The van der Waals surface area contributed by atoms with Crippen molar-refractivity contribution in [3.8, 4) is 0 Å². The van der Waals surface area contributed by atoms with Crippen molar-refractivity contribution in [2.45, 2.75) is 58.3 Å². The quantitative estimate of drug-likeness (QED) is 0.722. The highest BCUT2D eigenvalue weighted by molar-refractivity contribution is 6.08. The molecule has 0 heterocycles. The first kappa shape index (κ1) is 16.6. The van der Waals surface area contributed by atoms with Crippen molar-refractivity contribution in [1.29, 1.82) is 0 Å². The molecule has 22 heavy (non-hydrogen) atoms. The van der Waals surface area contributed by atoms with E-state index >= 15 is 0 Å². The van der Waals surface area contributed by atoms with Gasteiger partial charge in [0, 0.05) is 25.7 Å². The van der Waals surface area contributed by atoms with E-state index in [0.717, 1.165) is 12.8 Å². The number of ketones is 3. The molecular formula is C19H24O3. The topological polar surface area (TPSA) is 51.2 Å². The first-order chi connectivity index (χ1) is 10.5. The van der Waals surface area contributed by atoms with E-state index in [1.807, 2.05) is 18.2 Å². The summed E-state index contributed by atoms with van der Waals surface area (Å²) in [6.07, 6.45) is 4.57. The maximum Gasteiger partial charge on any atom is 0.146 e. The van der Waals surface area contributed by atoms with Crippen LogP contribution in [0, 0.1) is 5.41 Å². The molecule has 0 N–H and O–H groups in total. The predicted molar refractivity (Wildman–Crippen MR) is 85.6 cm³/mol. The molecule has 0 spiro atoms. The highest BCUT2D eigenvalue weighted by Crippen LogP contribution is 2.34. The van der Waals surface area contributed by atoms with Crippen LogP contribution in [0.5, 0.6) is 0 Å². The van der Waals surface area contributed by atoms with Crippen LogP contribution in [0.3, 0.4) is 0 Å². The van der Waals surface area contributed by atoms with Crippen LogP contribution in [0.4, 0.5) is 0 Å². The van der Waals surface area contributed by atoms with Gasteiger partial charge in [-0.05, 0) is 38.2 Å². The zero-order valence-electron chi connectivity index (χ0n) is 13.3. The number of aryl methyl sites for hydroxylation is 1. The number of benzene rings is 1. The van der Waals surface area contributed by atoms with Crippen molar-refractivity contribution in [3.63, 3.8) is 0 Å². The number of carbonyl (C=O) groups excluding carboxylic acids is 3. The number of Topliss-reactive ketones (excluding diaryl/α,β-unsaturated/α-hetero) is 3. The van der Waals surface area contributed by atoms with E-state index in [4.69, 9.17) is 0 Å². The molecule has 3 heteroatoms. The summed E-state index contributed by atoms with van der Waals surface area (Å²) in [5, 5.41) is 0. The second-order valence-corrected chi connectivity index (χ2v) is 6.41. The zero-order chi connectivity index (χ0) is 16.0. The molecule has 1 fully saturated rings. The van der Waals surface area contributed by atoms with E-state index in [-0.39, 0.29) is 17.3 Å². The molecule has 0 radical (unpaired) electrons. The maximum atomic E-state index is 12.0. The molecule has 0 bridgehead atoms. The standard InChI is InChI=1S/C19H24O3/c1-19(17(21)11-6-12-18(19)22)14-13-16(20)10-5-9-15-7-3-2-4-8-15/h2-4,7-8H,5-6,9-14H2,1H3. The van der Waals surface area contributed by atoms with Gasteiger partial charge in [-0.25, -0.2) is 0 Å². The van der Waals surface area contributed by atoms with Crippen LogP contribution in [0.25, 0.3) is 0 Å². The van der Waals surface area contributed by atoms with Crippen LogP contribution in [-0.2, 0) is 20.8 Å². The van der Waals surface area contributed by atoms with Crippen molar-refractivity contribution in [3.05, 3.63) is 35.9 Å². The van der Waals surface area contributed by atoms with Gasteiger partial charge < -0.3 is 0 Å². The second-order valence-electron chi connectivity index (χ2n) is 6.41. The fourth-order valence-electron chi connectivity index (χ4n) is 3.04. The molecule has 0 unspecified atom stereocenters. The second kappa shape index (κ2) is 7.48. The molecule has 0 amide bonds. The van der Waals surface area contributed by atoms with Gasteiger partial charge in [0.25, 0.3) is 0 Å². The Bertz CT molecular complexity index is 529. The van der Waals surface area contributed by atoms with Gasteiger partial charge in [-0.3, -0.25) is 14.4 Å². The van der Waals surface area contributed by atoms with E-state index in [0.29, 0.717) is 38.5 Å². The summed E-state index contributed by atoms with van der Waals surface area (Å²) in [5.41, 5.74) is 0.327. The van der Waals surface area contributed by atoms with Gasteiger partial charge in [0.05, 0.1) is 5.41 Å². The number of carbonyl (C=O) groups is 3. The van der Waals surface area contributed by atoms with Gasteiger partial charge in [0.1, 0.15) is 17.3 Å². The summed E-state index contributed by atoms with van der Waals surface area (Å²) >= 11 is 0. The summed E-state index contributed by atoms with van der Waals surface area (Å²) in [6.45, 7) is 1.72. The summed E-state index contributed by atoms with van der Waals surface area (Å²) in [7, 11) is 0. The molecule has 2 rings (SSSR count). The lowest BCUT2D eigenvalue weighted by Gasteiger charge is -2.30. The third-order valence-electron chi connectivity index (χ3n) is 4.71. The lowest BCUT2D eigenvalue weighted by Crippen LogP contribution is -2.40. The van der Waals surface area contributed by atoms with Crippen molar-refractivity contribution in [2.75, 3.05) is 0 Å². The fraction of sp³-hybridized carbons (Fsp3) is 0.526. The lowest BCUT2D eigenvalue weighted by molar-refractivity contribution is -0.143. The maximum absolute atomic E-state index is 12.0. The molecule has 0 atom stereocenters. The Kier molecular flexibility index (Phi) is 5.64. The monoisotopic (exact) mass is 300 g/mol. The summed E-state index contributed by atoms with van der Waals surface area (Å²) in [6, 6.07) is 10.1. The molecule has 0 aromatic heterocycles. The molecule has 1 aromatic carbocycles. The minimum absolute atomic E-state index is 0.0147. The molecule has 1 aliphatic rings. The lowest BCUT2D eigenvalue weighted by atomic mass is 9.70. The Morgan fingerprint density at radius 2 is 1.68 bits per heavy atom. The van der Waals surface area contributed by atoms with Gasteiger partial charge in [0.15, 0.2) is 0 Å². The smallest absolute Gasteiger partial charge is 0.146 e. The van der Waals surface area contributed by atoms with Crippen molar-refractivity contribution in [1.82, 2.24) is 0 Å². The zero-order valence-corrected chi connectivity index (χ0v) is 13.3. The SMILES string of the molecule is CC1(CCC(=O)CCCc2ccccc2)C(=O)CCCC1=O. The largest absolute Gasteiger partial charge is 0.300 e. The highest BCUT2D eigenvalue weighted by Gasteiger charge is 2.42. The Labute approximate surface area is 132 Å². The average molecular weight is 300 g/mol. The molecule has 1 aliphatic carbocycles. The minimum Gasteiger partial charge on any atom is -0.300 e. The van der Waals surface area contributed by atoms with E-state index in [9.17, 15) is 14.4 Å². The van der Waals surface area contributed by atoms with E-state index in [1.165, 1.54) is 5.56 Å². The van der Waals surface area contributed by atoms with E-state index in [1.54, 1.807) is 6.92 Å². The minimum atomic E-state index is -0.909. The summed E-state index contributed by atoms with van der Waals surface area (Å²) in [4.78, 5) is 36.0. The van der Waals surface area contributed by atoms with Gasteiger partial charge >= 0.3 is 0 Å². The predicted octanol–water partition coefficient (Wildman–Crippen LogP) is 3.69. The molecule has 3 nitrogen and oxygen atoms in total. The van der Waals surface area contributed by atoms with Gasteiger partial charge in [-0.15, -0.1) is 0 Å². The molecule has 0 aliphatic heterocycles. The fourth-order valence-corrected chi connectivity index (χ4v) is 3.04. The van der Waals surface area contributed by atoms with Crippen LogP contribution in [0.2, 0.25) is 0 Å². The van der Waals surface area contributed by atoms with Crippen molar-refractivity contribution < 1.29 is 14.4 Å². The van der Waals surface area contributed by atoms with Gasteiger partial charge in [-0.1, -0.05) is 30.3 Å². The van der Waals surface area contributed by atoms with Crippen LogP contribution < -0.4 is 0 Å². The first-order valence-corrected chi connectivity index (χ1v) is 8.14. The van der Waals surface area contributed by atoms with E-state index in [2.05, 4.69) is 12.1 Å². The van der Waals surface area contributed by atoms with Crippen LogP contribution in [0.1, 0.15) is 57.4 Å². The molecule has 0 saturated heterocycles. The van der Waals surface area contributed by atoms with Gasteiger partial charge in [0.2, 0.25) is 0 Å². The highest BCUT2D eigenvalue weighted by atomic mass is 16.2. The number of rotatable bonds is 7. The number of hydrogen-bond donors (Lipinski definition) is 0. The van der Waals surface area contributed by atoms with E-state index < -0.39 is 5.41 Å². The molecule has 1 saturated carbocycles. The van der Waals surface area contributed by atoms with Crippen LogP contribution in [0.15, 0.2) is 30.3 Å². The van der Waals surface area contributed by atoms with Crippen LogP contribution in [-0.4, -0.2) is 17.3 Å².